The molecular weight excluding hydrogens is 200 g/mol. The van der Waals surface area contributed by atoms with E-state index in [9.17, 15) is 5.11 Å². The molecule has 2 unspecified atom stereocenters. The van der Waals surface area contributed by atoms with Crippen LogP contribution in [0.5, 0.6) is 0 Å². The van der Waals surface area contributed by atoms with E-state index in [0.717, 1.165) is 19.5 Å². The Labute approximate surface area is 100 Å². The van der Waals surface area contributed by atoms with Crippen LogP contribution in [0.25, 0.3) is 0 Å². The van der Waals surface area contributed by atoms with Crippen molar-refractivity contribution in [3.05, 3.63) is 0 Å². The lowest BCUT2D eigenvalue weighted by molar-refractivity contribution is -0.0723. The highest BCUT2D eigenvalue weighted by atomic mass is 16.3. The summed E-state index contributed by atoms with van der Waals surface area (Å²) in [6.45, 7) is 10.9. The summed E-state index contributed by atoms with van der Waals surface area (Å²) in [5.74, 6) is 0. The normalized spacial score (nSPS) is 28.5. The Kier molecular flexibility index (Phi) is 4.77. The number of nitrogens with zero attached hydrogens (tertiary/aromatic N) is 1. The SMILES string of the molecule is CC(C)N(C)CCCNC1CC(O)C1(C)C. The fraction of sp³-hybridized carbons (Fsp3) is 1.00. The number of rotatable bonds is 6. The van der Waals surface area contributed by atoms with Crippen LogP contribution in [-0.4, -0.2) is 48.3 Å². The molecular formula is C13H28N2O. The molecule has 2 N–H and O–H groups in total. The molecule has 3 nitrogen and oxygen atoms in total. The third-order valence-electron chi connectivity index (χ3n) is 4.18. The summed E-state index contributed by atoms with van der Waals surface area (Å²) in [7, 11) is 2.17. The molecule has 2 atom stereocenters. The second-order valence-electron chi connectivity index (χ2n) is 6.01. The van der Waals surface area contributed by atoms with Gasteiger partial charge in [0.25, 0.3) is 0 Å². The molecule has 1 aliphatic carbocycles. The summed E-state index contributed by atoms with van der Waals surface area (Å²) in [6, 6.07) is 1.12. The van der Waals surface area contributed by atoms with E-state index in [1.54, 1.807) is 0 Å². The van der Waals surface area contributed by atoms with E-state index in [4.69, 9.17) is 0 Å². The lowest BCUT2D eigenvalue weighted by Gasteiger charge is -2.49. The van der Waals surface area contributed by atoms with Crippen LogP contribution in [0.1, 0.15) is 40.5 Å². The molecule has 0 aromatic rings. The second-order valence-corrected chi connectivity index (χ2v) is 6.01. The van der Waals surface area contributed by atoms with Crippen LogP contribution in [0.2, 0.25) is 0 Å². The highest BCUT2D eigenvalue weighted by molar-refractivity contribution is 5.01. The molecule has 96 valence electrons. The molecule has 0 heterocycles. The first-order valence-corrected chi connectivity index (χ1v) is 6.47. The molecule has 1 fully saturated rings. The van der Waals surface area contributed by atoms with Gasteiger partial charge in [0.1, 0.15) is 0 Å². The van der Waals surface area contributed by atoms with E-state index < -0.39 is 0 Å². The van der Waals surface area contributed by atoms with Gasteiger partial charge in [-0.15, -0.1) is 0 Å². The molecule has 0 radical (unpaired) electrons. The molecule has 0 aliphatic heterocycles. The van der Waals surface area contributed by atoms with Crippen molar-refractivity contribution in [3.63, 3.8) is 0 Å². The van der Waals surface area contributed by atoms with Crippen LogP contribution < -0.4 is 5.32 Å². The highest BCUT2D eigenvalue weighted by Gasteiger charge is 2.46. The van der Waals surface area contributed by atoms with Crippen molar-refractivity contribution < 1.29 is 5.11 Å². The first-order chi connectivity index (χ1) is 7.35. The van der Waals surface area contributed by atoms with E-state index in [1.165, 1.54) is 6.42 Å². The van der Waals surface area contributed by atoms with Gasteiger partial charge in [-0.25, -0.2) is 0 Å². The number of aliphatic hydroxyl groups excluding tert-OH is 1. The average molecular weight is 228 g/mol. The molecule has 0 aromatic carbocycles. The summed E-state index contributed by atoms with van der Waals surface area (Å²) in [6.07, 6.45) is 1.97. The third kappa shape index (κ3) is 3.19. The maximum absolute atomic E-state index is 9.62. The van der Waals surface area contributed by atoms with E-state index in [2.05, 4.69) is 45.0 Å². The van der Waals surface area contributed by atoms with Gasteiger partial charge in [-0.1, -0.05) is 13.8 Å². The van der Waals surface area contributed by atoms with Crippen molar-refractivity contribution in [1.82, 2.24) is 10.2 Å². The minimum Gasteiger partial charge on any atom is -0.392 e. The first kappa shape index (κ1) is 13.9. The monoisotopic (exact) mass is 228 g/mol. The van der Waals surface area contributed by atoms with Gasteiger partial charge in [0.2, 0.25) is 0 Å². The number of hydrogen-bond donors (Lipinski definition) is 2. The van der Waals surface area contributed by atoms with Crippen LogP contribution in [0, 0.1) is 5.41 Å². The molecule has 1 rings (SSSR count). The molecule has 1 aliphatic rings. The van der Waals surface area contributed by atoms with Crippen molar-refractivity contribution in [3.8, 4) is 0 Å². The third-order valence-corrected chi connectivity index (χ3v) is 4.18. The molecule has 0 bridgehead atoms. The zero-order chi connectivity index (χ0) is 12.3. The highest BCUT2D eigenvalue weighted by Crippen LogP contribution is 2.40. The van der Waals surface area contributed by atoms with Gasteiger partial charge in [0.05, 0.1) is 6.10 Å². The maximum atomic E-state index is 9.62. The average Bonchev–Trinajstić information content (AvgIpc) is 2.21. The van der Waals surface area contributed by atoms with Crippen LogP contribution in [0.4, 0.5) is 0 Å². The lowest BCUT2D eigenvalue weighted by Crippen LogP contribution is -2.60. The molecule has 0 spiro atoms. The van der Waals surface area contributed by atoms with E-state index in [1.807, 2.05) is 0 Å². The quantitative estimate of drug-likeness (QED) is 0.676. The summed E-state index contributed by atoms with van der Waals surface area (Å²) in [5.41, 5.74) is 0.0595. The van der Waals surface area contributed by atoms with Gasteiger partial charge < -0.3 is 15.3 Å². The Morgan fingerprint density at radius 1 is 1.44 bits per heavy atom. The van der Waals surface area contributed by atoms with E-state index >= 15 is 0 Å². The molecule has 0 amide bonds. The second kappa shape index (κ2) is 5.48. The summed E-state index contributed by atoms with van der Waals surface area (Å²) < 4.78 is 0. The standard InChI is InChI=1S/C13H28N2O/c1-10(2)15(5)8-6-7-14-11-9-12(16)13(11,3)4/h10-12,14,16H,6-9H2,1-5H3. The van der Waals surface area contributed by atoms with Gasteiger partial charge in [-0.2, -0.15) is 0 Å². The lowest BCUT2D eigenvalue weighted by atomic mass is 9.64. The van der Waals surface area contributed by atoms with Crippen molar-refractivity contribution in [2.75, 3.05) is 20.1 Å². The van der Waals surface area contributed by atoms with Crippen LogP contribution in [0.15, 0.2) is 0 Å². The van der Waals surface area contributed by atoms with Gasteiger partial charge >= 0.3 is 0 Å². The number of hydrogen-bond acceptors (Lipinski definition) is 3. The fourth-order valence-corrected chi connectivity index (χ4v) is 2.11. The smallest absolute Gasteiger partial charge is 0.0621 e. The van der Waals surface area contributed by atoms with Crippen LogP contribution in [0.3, 0.4) is 0 Å². The van der Waals surface area contributed by atoms with E-state index in [-0.39, 0.29) is 11.5 Å². The Morgan fingerprint density at radius 3 is 2.50 bits per heavy atom. The number of aliphatic hydroxyl groups is 1. The van der Waals surface area contributed by atoms with Crippen molar-refractivity contribution in [1.29, 1.82) is 0 Å². The van der Waals surface area contributed by atoms with Crippen molar-refractivity contribution in [2.24, 2.45) is 5.41 Å². The van der Waals surface area contributed by atoms with Gasteiger partial charge in [-0.05, 0) is 46.8 Å². The molecule has 0 aromatic heterocycles. The molecule has 0 saturated heterocycles. The predicted octanol–water partition coefficient (Wildman–Crippen LogP) is 1.47. The van der Waals surface area contributed by atoms with Crippen LogP contribution in [-0.2, 0) is 0 Å². The Bertz CT molecular complexity index is 216. The number of nitrogens with one attached hydrogen (secondary N) is 1. The minimum absolute atomic E-state index is 0.0595. The van der Waals surface area contributed by atoms with Crippen LogP contribution >= 0.6 is 0 Å². The zero-order valence-electron chi connectivity index (χ0n) is 11.5. The Hall–Kier alpha value is -0.120. The minimum atomic E-state index is -0.122. The van der Waals surface area contributed by atoms with Gasteiger partial charge in [0.15, 0.2) is 0 Å². The Morgan fingerprint density at radius 2 is 2.06 bits per heavy atom. The molecule has 1 saturated carbocycles. The topological polar surface area (TPSA) is 35.5 Å². The van der Waals surface area contributed by atoms with Gasteiger partial charge in [-0.3, -0.25) is 0 Å². The molecule has 3 heteroatoms. The molecule has 16 heavy (non-hydrogen) atoms. The Balaban J connectivity index is 2.09. The van der Waals surface area contributed by atoms with Gasteiger partial charge in [0, 0.05) is 17.5 Å². The maximum Gasteiger partial charge on any atom is 0.0621 e. The fourth-order valence-electron chi connectivity index (χ4n) is 2.11. The van der Waals surface area contributed by atoms with E-state index in [0.29, 0.717) is 12.1 Å². The van der Waals surface area contributed by atoms with Crippen molar-refractivity contribution >= 4 is 0 Å². The summed E-state index contributed by atoms with van der Waals surface area (Å²) in [4.78, 5) is 2.36. The van der Waals surface area contributed by atoms with Crippen molar-refractivity contribution in [2.45, 2.75) is 58.7 Å². The summed E-state index contributed by atoms with van der Waals surface area (Å²) in [5, 5.41) is 13.2. The largest absolute Gasteiger partial charge is 0.392 e. The summed E-state index contributed by atoms with van der Waals surface area (Å²) >= 11 is 0. The zero-order valence-corrected chi connectivity index (χ0v) is 11.5. The predicted molar refractivity (Wildman–Crippen MR) is 68.6 cm³/mol. The first-order valence-electron chi connectivity index (χ1n) is 6.47.